The van der Waals surface area contributed by atoms with Crippen molar-refractivity contribution in [2.75, 3.05) is 6.54 Å². The molecule has 0 aromatic heterocycles. The molecule has 0 heterocycles. The second-order valence-electron chi connectivity index (χ2n) is 4.70. The van der Waals surface area contributed by atoms with Crippen LogP contribution in [-0.4, -0.2) is 18.5 Å². The van der Waals surface area contributed by atoms with Gasteiger partial charge in [0.05, 0.1) is 0 Å². The molecular weight excluding hydrogens is 188 g/mol. The molecule has 0 radical (unpaired) electrons. The van der Waals surface area contributed by atoms with Gasteiger partial charge < -0.3 is 11.1 Å². The number of hydrogen-bond acceptors (Lipinski definition) is 2. The van der Waals surface area contributed by atoms with Crippen molar-refractivity contribution in [1.29, 1.82) is 0 Å². The summed E-state index contributed by atoms with van der Waals surface area (Å²) in [6.07, 6.45) is 6.14. The first kappa shape index (κ1) is 12.5. The highest BCUT2D eigenvalue weighted by atomic mass is 16.1. The highest BCUT2D eigenvalue weighted by molar-refractivity contribution is 5.78. The van der Waals surface area contributed by atoms with E-state index in [1.165, 1.54) is 25.7 Å². The molecule has 3 heteroatoms. The molecule has 0 bridgehead atoms. The molecule has 15 heavy (non-hydrogen) atoms. The van der Waals surface area contributed by atoms with E-state index in [-0.39, 0.29) is 11.8 Å². The van der Waals surface area contributed by atoms with Crippen LogP contribution in [-0.2, 0) is 4.79 Å². The summed E-state index contributed by atoms with van der Waals surface area (Å²) in [5.41, 5.74) is 5.48. The monoisotopic (exact) mass is 212 g/mol. The Morgan fingerprint density at radius 3 is 2.73 bits per heavy atom. The fourth-order valence-electron chi connectivity index (χ4n) is 2.32. The van der Waals surface area contributed by atoms with Gasteiger partial charge in [0.25, 0.3) is 0 Å². The van der Waals surface area contributed by atoms with Crippen molar-refractivity contribution >= 4 is 5.91 Å². The number of carbonyl (C=O) groups is 1. The largest absolute Gasteiger partial charge is 0.353 e. The van der Waals surface area contributed by atoms with Crippen molar-refractivity contribution in [1.82, 2.24) is 5.32 Å². The third kappa shape index (κ3) is 3.49. The molecule has 3 unspecified atom stereocenters. The van der Waals surface area contributed by atoms with Crippen LogP contribution in [0.15, 0.2) is 0 Å². The summed E-state index contributed by atoms with van der Waals surface area (Å²) in [7, 11) is 0. The van der Waals surface area contributed by atoms with E-state index in [1.54, 1.807) is 0 Å². The summed E-state index contributed by atoms with van der Waals surface area (Å²) in [5, 5.41) is 3.15. The van der Waals surface area contributed by atoms with Crippen LogP contribution in [0.25, 0.3) is 0 Å². The van der Waals surface area contributed by atoms with Gasteiger partial charge in [-0.05, 0) is 18.8 Å². The fourth-order valence-corrected chi connectivity index (χ4v) is 2.32. The Morgan fingerprint density at radius 2 is 2.13 bits per heavy atom. The number of rotatable bonds is 4. The van der Waals surface area contributed by atoms with Gasteiger partial charge in [0.15, 0.2) is 0 Å². The van der Waals surface area contributed by atoms with Gasteiger partial charge in [0, 0.05) is 18.5 Å². The number of nitrogens with one attached hydrogen (secondary N) is 1. The maximum Gasteiger partial charge on any atom is 0.224 e. The predicted octanol–water partition coefficient (Wildman–Crippen LogP) is 1.67. The predicted molar refractivity (Wildman–Crippen MR) is 62.4 cm³/mol. The van der Waals surface area contributed by atoms with Crippen molar-refractivity contribution in [3.8, 4) is 0 Å². The van der Waals surface area contributed by atoms with Crippen molar-refractivity contribution in [2.24, 2.45) is 17.6 Å². The molecule has 1 amide bonds. The molecule has 1 aliphatic rings. The van der Waals surface area contributed by atoms with Gasteiger partial charge in [-0.2, -0.15) is 0 Å². The van der Waals surface area contributed by atoms with Gasteiger partial charge in [-0.3, -0.25) is 4.79 Å². The second-order valence-corrected chi connectivity index (χ2v) is 4.70. The number of carbonyl (C=O) groups excluding carboxylic acids is 1. The third-order valence-electron chi connectivity index (χ3n) is 3.56. The summed E-state index contributed by atoms with van der Waals surface area (Å²) in [6, 6.07) is 0.394. The van der Waals surface area contributed by atoms with Crippen LogP contribution in [0.4, 0.5) is 0 Å². The van der Waals surface area contributed by atoms with E-state index in [2.05, 4.69) is 12.2 Å². The number of amides is 1. The zero-order valence-electron chi connectivity index (χ0n) is 9.96. The quantitative estimate of drug-likeness (QED) is 0.744. The molecule has 3 N–H and O–H groups in total. The molecule has 0 aliphatic heterocycles. The Hall–Kier alpha value is -0.570. The summed E-state index contributed by atoms with van der Waals surface area (Å²) in [5.74, 6) is 0.750. The molecule has 1 aliphatic carbocycles. The molecular formula is C12H24N2O. The Labute approximate surface area is 92.8 Å². The molecule has 3 atom stereocenters. The molecule has 3 nitrogen and oxygen atoms in total. The third-order valence-corrected chi connectivity index (χ3v) is 3.56. The first-order chi connectivity index (χ1) is 7.19. The van der Waals surface area contributed by atoms with Crippen LogP contribution in [0.2, 0.25) is 0 Å². The topological polar surface area (TPSA) is 55.1 Å². The van der Waals surface area contributed by atoms with E-state index in [0.717, 1.165) is 6.42 Å². The Bertz CT molecular complexity index is 206. The lowest BCUT2D eigenvalue weighted by Crippen LogP contribution is -2.45. The number of hydrogen-bond donors (Lipinski definition) is 2. The van der Waals surface area contributed by atoms with Crippen molar-refractivity contribution < 1.29 is 4.79 Å². The number of nitrogens with two attached hydrogens (primary N) is 1. The van der Waals surface area contributed by atoms with Crippen LogP contribution >= 0.6 is 0 Å². The first-order valence-electron chi connectivity index (χ1n) is 6.19. The Kier molecular flexibility index (Phi) is 5.09. The Balaban J connectivity index is 2.44. The van der Waals surface area contributed by atoms with Crippen LogP contribution in [0.5, 0.6) is 0 Å². The van der Waals surface area contributed by atoms with Crippen molar-refractivity contribution in [2.45, 2.75) is 52.0 Å². The van der Waals surface area contributed by atoms with Gasteiger partial charge in [-0.15, -0.1) is 0 Å². The molecule has 1 fully saturated rings. The van der Waals surface area contributed by atoms with E-state index < -0.39 is 0 Å². The Morgan fingerprint density at radius 1 is 1.47 bits per heavy atom. The van der Waals surface area contributed by atoms with E-state index >= 15 is 0 Å². The van der Waals surface area contributed by atoms with E-state index in [4.69, 9.17) is 5.73 Å². The highest BCUT2D eigenvalue weighted by Gasteiger charge is 2.25. The zero-order valence-corrected chi connectivity index (χ0v) is 9.96. The minimum Gasteiger partial charge on any atom is -0.353 e. The standard InChI is InChI=1S/C12H24N2O/c1-3-10-6-4-5-7-11(10)14-12(15)9(2)8-13/h9-11H,3-8,13H2,1-2H3,(H,14,15). The lowest BCUT2D eigenvalue weighted by atomic mass is 9.82. The maximum atomic E-state index is 11.7. The SMILES string of the molecule is CCC1CCCCC1NC(=O)C(C)CN. The normalized spacial score (nSPS) is 28.5. The summed E-state index contributed by atoms with van der Waals surface area (Å²) in [6.45, 7) is 4.54. The maximum absolute atomic E-state index is 11.7. The lowest BCUT2D eigenvalue weighted by Gasteiger charge is -2.32. The van der Waals surface area contributed by atoms with Gasteiger partial charge >= 0.3 is 0 Å². The fraction of sp³-hybridized carbons (Fsp3) is 0.917. The summed E-state index contributed by atoms with van der Waals surface area (Å²) >= 11 is 0. The van der Waals surface area contributed by atoms with Gasteiger partial charge in [-0.25, -0.2) is 0 Å². The van der Waals surface area contributed by atoms with Crippen LogP contribution in [0.3, 0.4) is 0 Å². The summed E-state index contributed by atoms with van der Waals surface area (Å²) in [4.78, 5) is 11.7. The molecule has 0 spiro atoms. The highest BCUT2D eigenvalue weighted by Crippen LogP contribution is 2.26. The molecule has 1 rings (SSSR count). The van der Waals surface area contributed by atoms with Gasteiger partial charge in [0.2, 0.25) is 5.91 Å². The smallest absolute Gasteiger partial charge is 0.224 e. The second kappa shape index (κ2) is 6.11. The first-order valence-corrected chi connectivity index (χ1v) is 6.19. The van der Waals surface area contributed by atoms with Crippen molar-refractivity contribution in [3.63, 3.8) is 0 Å². The molecule has 0 aromatic rings. The van der Waals surface area contributed by atoms with Crippen LogP contribution < -0.4 is 11.1 Å². The lowest BCUT2D eigenvalue weighted by molar-refractivity contribution is -0.125. The average Bonchev–Trinajstić information content (AvgIpc) is 2.28. The molecule has 0 saturated heterocycles. The van der Waals surface area contributed by atoms with Crippen LogP contribution in [0, 0.1) is 11.8 Å². The van der Waals surface area contributed by atoms with Crippen molar-refractivity contribution in [3.05, 3.63) is 0 Å². The van der Waals surface area contributed by atoms with E-state index in [9.17, 15) is 4.79 Å². The van der Waals surface area contributed by atoms with E-state index in [1.807, 2.05) is 6.92 Å². The summed E-state index contributed by atoms with van der Waals surface area (Å²) < 4.78 is 0. The molecule has 1 saturated carbocycles. The minimum atomic E-state index is -0.0515. The average molecular weight is 212 g/mol. The van der Waals surface area contributed by atoms with Crippen LogP contribution in [0.1, 0.15) is 46.0 Å². The zero-order chi connectivity index (χ0) is 11.3. The molecule has 88 valence electrons. The molecule has 0 aromatic carbocycles. The van der Waals surface area contributed by atoms with Gasteiger partial charge in [-0.1, -0.05) is 33.1 Å². The van der Waals surface area contributed by atoms with Gasteiger partial charge in [0.1, 0.15) is 0 Å². The van der Waals surface area contributed by atoms with E-state index in [0.29, 0.717) is 18.5 Å². The minimum absolute atomic E-state index is 0.0515.